The Kier molecular flexibility index (Phi) is 6.55. The van der Waals surface area contributed by atoms with Crippen molar-refractivity contribution < 1.29 is 13.2 Å². The van der Waals surface area contributed by atoms with Gasteiger partial charge in [-0.3, -0.25) is 4.90 Å². The average molecular weight is 405 g/mol. The Morgan fingerprint density at radius 1 is 1.16 bits per heavy atom. The van der Waals surface area contributed by atoms with Gasteiger partial charge in [0.25, 0.3) is 0 Å². The second kappa shape index (κ2) is 8.48. The van der Waals surface area contributed by atoms with Crippen LogP contribution in [-0.4, -0.2) is 68.5 Å². The second-order valence-corrected chi connectivity index (χ2v) is 10.00. The fourth-order valence-corrected chi connectivity index (χ4v) is 6.53. The molecule has 1 aromatic carbocycles. The largest absolute Gasteiger partial charge is 0.495 e. The standard InChI is InChI=1S/C17H25ClN2O3S2/c1-23-16-4-3-14(18)13-17(16)25(21,22)20-8-2-7-19(9-10-20)15-5-11-24-12-6-15/h3-4,13,15H,2,5-12H2,1H3. The first-order valence-electron chi connectivity index (χ1n) is 8.68. The van der Waals surface area contributed by atoms with E-state index in [1.807, 2.05) is 11.8 Å². The van der Waals surface area contributed by atoms with Gasteiger partial charge in [-0.05, 0) is 55.5 Å². The predicted molar refractivity (Wildman–Crippen MR) is 103 cm³/mol. The first-order valence-corrected chi connectivity index (χ1v) is 11.6. The van der Waals surface area contributed by atoms with Crippen LogP contribution in [0.3, 0.4) is 0 Å². The SMILES string of the molecule is COc1ccc(Cl)cc1S(=O)(=O)N1CCCN(C2CCSCC2)CC1. The van der Waals surface area contributed by atoms with Crippen LogP contribution >= 0.6 is 23.4 Å². The topological polar surface area (TPSA) is 49.9 Å². The number of sulfonamides is 1. The summed E-state index contributed by atoms with van der Waals surface area (Å²) in [6.45, 7) is 2.81. The Morgan fingerprint density at radius 3 is 2.64 bits per heavy atom. The average Bonchev–Trinajstić information content (AvgIpc) is 2.89. The van der Waals surface area contributed by atoms with Gasteiger partial charge in [0.2, 0.25) is 10.0 Å². The van der Waals surface area contributed by atoms with Crippen molar-refractivity contribution in [2.24, 2.45) is 0 Å². The van der Waals surface area contributed by atoms with Crippen LogP contribution in [-0.2, 0) is 10.0 Å². The zero-order valence-corrected chi connectivity index (χ0v) is 16.9. The summed E-state index contributed by atoms with van der Waals surface area (Å²) in [7, 11) is -2.13. The van der Waals surface area contributed by atoms with Crippen LogP contribution in [0, 0.1) is 0 Å². The molecule has 25 heavy (non-hydrogen) atoms. The zero-order chi connectivity index (χ0) is 17.9. The Labute approximate surface area is 159 Å². The molecule has 1 aromatic rings. The molecule has 0 radical (unpaired) electrons. The smallest absolute Gasteiger partial charge is 0.246 e. The summed E-state index contributed by atoms with van der Waals surface area (Å²) in [4.78, 5) is 2.63. The first kappa shape index (κ1) is 19.3. The maximum Gasteiger partial charge on any atom is 0.246 e. The number of ether oxygens (including phenoxy) is 1. The lowest BCUT2D eigenvalue weighted by atomic mass is 10.1. The lowest BCUT2D eigenvalue weighted by Gasteiger charge is -2.33. The number of nitrogens with zero attached hydrogens (tertiary/aromatic N) is 2. The quantitative estimate of drug-likeness (QED) is 0.772. The molecule has 2 fully saturated rings. The number of benzene rings is 1. The molecule has 0 saturated carbocycles. The van der Waals surface area contributed by atoms with E-state index < -0.39 is 10.0 Å². The molecule has 8 heteroatoms. The van der Waals surface area contributed by atoms with Gasteiger partial charge in [-0.15, -0.1) is 0 Å². The lowest BCUT2D eigenvalue weighted by molar-refractivity contribution is 0.195. The molecule has 3 rings (SSSR count). The Hall–Kier alpha value is -0.470. The van der Waals surface area contributed by atoms with E-state index >= 15 is 0 Å². The van der Waals surface area contributed by atoms with Gasteiger partial charge < -0.3 is 4.74 Å². The third kappa shape index (κ3) is 4.45. The van der Waals surface area contributed by atoms with Crippen molar-refractivity contribution in [2.75, 3.05) is 44.8 Å². The summed E-state index contributed by atoms with van der Waals surface area (Å²) in [5.74, 6) is 2.76. The minimum atomic E-state index is -3.61. The molecule has 2 aliphatic heterocycles. The highest BCUT2D eigenvalue weighted by atomic mass is 35.5. The highest BCUT2D eigenvalue weighted by molar-refractivity contribution is 7.99. The number of halogens is 1. The summed E-state index contributed by atoms with van der Waals surface area (Å²) in [5, 5.41) is 0.399. The molecule has 0 amide bonds. The monoisotopic (exact) mass is 404 g/mol. The Balaban J connectivity index is 1.76. The maximum atomic E-state index is 13.1. The Morgan fingerprint density at radius 2 is 1.92 bits per heavy atom. The number of thioether (sulfide) groups is 1. The Bertz CT molecular complexity index is 693. The fraction of sp³-hybridized carbons (Fsp3) is 0.647. The molecule has 0 spiro atoms. The molecule has 140 valence electrons. The van der Waals surface area contributed by atoms with Crippen LogP contribution in [0.25, 0.3) is 0 Å². The van der Waals surface area contributed by atoms with Gasteiger partial charge in [-0.25, -0.2) is 8.42 Å². The van der Waals surface area contributed by atoms with Crippen molar-refractivity contribution in [1.29, 1.82) is 0 Å². The zero-order valence-electron chi connectivity index (χ0n) is 14.5. The highest BCUT2D eigenvalue weighted by Gasteiger charge is 2.31. The summed E-state index contributed by atoms with van der Waals surface area (Å²) < 4.78 is 33.1. The number of methoxy groups -OCH3 is 1. The van der Waals surface area contributed by atoms with E-state index in [2.05, 4.69) is 4.90 Å². The number of rotatable bonds is 4. The molecule has 2 aliphatic rings. The molecule has 2 saturated heterocycles. The van der Waals surface area contributed by atoms with Gasteiger partial charge in [0.15, 0.2) is 0 Å². The van der Waals surface area contributed by atoms with Crippen LogP contribution in [0.15, 0.2) is 23.1 Å². The minimum Gasteiger partial charge on any atom is -0.495 e. The highest BCUT2D eigenvalue weighted by Crippen LogP contribution is 2.30. The van der Waals surface area contributed by atoms with E-state index in [1.165, 1.54) is 37.5 Å². The van der Waals surface area contributed by atoms with Gasteiger partial charge in [0.1, 0.15) is 10.6 Å². The van der Waals surface area contributed by atoms with Crippen molar-refractivity contribution in [3.05, 3.63) is 23.2 Å². The van der Waals surface area contributed by atoms with Crippen molar-refractivity contribution in [2.45, 2.75) is 30.2 Å². The molecular weight excluding hydrogens is 380 g/mol. The van der Waals surface area contributed by atoms with E-state index in [0.717, 1.165) is 19.5 Å². The first-order chi connectivity index (χ1) is 12.0. The molecule has 0 aliphatic carbocycles. The van der Waals surface area contributed by atoms with Gasteiger partial charge in [-0.1, -0.05) is 11.6 Å². The summed E-state index contributed by atoms with van der Waals surface area (Å²) in [5.41, 5.74) is 0. The van der Waals surface area contributed by atoms with E-state index in [0.29, 0.717) is 29.9 Å². The van der Waals surface area contributed by atoms with Crippen molar-refractivity contribution >= 4 is 33.4 Å². The van der Waals surface area contributed by atoms with Gasteiger partial charge >= 0.3 is 0 Å². The molecular formula is C17H25ClN2O3S2. The summed E-state index contributed by atoms with van der Waals surface area (Å²) in [6, 6.07) is 5.34. The summed E-state index contributed by atoms with van der Waals surface area (Å²) in [6.07, 6.45) is 3.27. The third-order valence-corrected chi connectivity index (χ3v) is 8.14. The minimum absolute atomic E-state index is 0.157. The molecule has 0 atom stereocenters. The predicted octanol–water partition coefficient (Wildman–Crippen LogP) is 2.94. The third-order valence-electron chi connectivity index (χ3n) is 4.94. The van der Waals surface area contributed by atoms with Gasteiger partial charge in [0.05, 0.1) is 7.11 Å². The van der Waals surface area contributed by atoms with E-state index in [1.54, 1.807) is 16.4 Å². The van der Waals surface area contributed by atoms with E-state index in [-0.39, 0.29) is 4.90 Å². The van der Waals surface area contributed by atoms with Crippen LogP contribution in [0.5, 0.6) is 5.75 Å². The summed E-state index contributed by atoms with van der Waals surface area (Å²) >= 11 is 8.04. The van der Waals surface area contributed by atoms with Crippen LogP contribution in [0.1, 0.15) is 19.3 Å². The second-order valence-electron chi connectivity index (χ2n) is 6.43. The fourth-order valence-electron chi connectivity index (χ4n) is 3.56. The molecule has 0 N–H and O–H groups in total. The lowest BCUT2D eigenvalue weighted by Crippen LogP contribution is -2.41. The van der Waals surface area contributed by atoms with Crippen LogP contribution in [0.4, 0.5) is 0 Å². The van der Waals surface area contributed by atoms with Crippen LogP contribution < -0.4 is 4.74 Å². The molecule has 5 nitrogen and oxygen atoms in total. The molecule has 0 unspecified atom stereocenters. The van der Waals surface area contributed by atoms with Crippen molar-refractivity contribution in [3.63, 3.8) is 0 Å². The van der Waals surface area contributed by atoms with Crippen molar-refractivity contribution in [1.82, 2.24) is 9.21 Å². The normalized spacial score (nSPS) is 21.8. The maximum absolute atomic E-state index is 13.1. The van der Waals surface area contributed by atoms with Crippen molar-refractivity contribution in [3.8, 4) is 5.75 Å². The van der Waals surface area contributed by atoms with Crippen LogP contribution in [0.2, 0.25) is 5.02 Å². The van der Waals surface area contributed by atoms with E-state index in [4.69, 9.17) is 16.3 Å². The van der Waals surface area contributed by atoms with Gasteiger partial charge in [0, 0.05) is 30.7 Å². The number of hydrogen-bond acceptors (Lipinski definition) is 5. The van der Waals surface area contributed by atoms with E-state index in [9.17, 15) is 8.42 Å². The molecule has 2 heterocycles. The number of hydrogen-bond donors (Lipinski definition) is 0. The molecule has 0 aromatic heterocycles. The molecule has 0 bridgehead atoms. The van der Waals surface area contributed by atoms with Gasteiger partial charge in [-0.2, -0.15) is 16.1 Å².